The fourth-order valence-corrected chi connectivity index (χ4v) is 3.18. The number of ether oxygens (including phenoxy) is 1. The summed E-state index contributed by atoms with van der Waals surface area (Å²) in [5.74, 6) is -0.290. The summed E-state index contributed by atoms with van der Waals surface area (Å²) in [4.78, 5) is 28.4. The third-order valence-electron chi connectivity index (χ3n) is 3.65. The van der Waals surface area contributed by atoms with Gasteiger partial charge in [0.05, 0.1) is 17.1 Å². The highest BCUT2D eigenvalue weighted by Gasteiger charge is 2.20. The Morgan fingerprint density at radius 1 is 1.32 bits per heavy atom. The monoisotopic (exact) mass is 439 g/mol. The number of rotatable bonds is 7. The minimum absolute atomic E-state index is 0.000805. The molecule has 0 fully saturated rings. The molecule has 0 aliphatic heterocycles. The zero-order chi connectivity index (χ0) is 20.1. The van der Waals surface area contributed by atoms with E-state index in [2.05, 4.69) is 15.5 Å². The van der Waals surface area contributed by atoms with Crippen LogP contribution in [0.2, 0.25) is 10.0 Å². The molecule has 0 saturated carbocycles. The summed E-state index contributed by atoms with van der Waals surface area (Å²) in [7, 11) is 0. The molecule has 146 valence electrons. The van der Waals surface area contributed by atoms with Crippen LogP contribution in [0.3, 0.4) is 0 Å². The number of carbonyl (C=O) groups excluding carboxylic acids is 2. The molecule has 7 nitrogen and oxygen atoms in total. The quantitative estimate of drug-likeness (QED) is 0.540. The zero-order valence-electron chi connectivity index (χ0n) is 14.6. The van der Waals surface area contributed by atoms with Gasteiger partial charge in [-0.15, -0.1) is 0 Å². The molecule has 1 amide bonds. The minimum Gasteiger partial charge on any atom is -0.453 e. The number of hydrogen-bond acceptors (Lipinski definition) is 7. The summed E-state index contributed by atoms with van der Waals surface area (Å²) in [5, 5.41) is 11.0. The van der Waals surface area contributed by atoms with Gasteiger partial charge in [-0.2, -0.15) is 16.3 Å². The van der Waals surface area contributed by atoms with Crippen LogP contribution in [0, 0.1) is 0 Å². The van der Waals surface area contributed by atoms with Crippen LogP contribution in [0.25, 0.3) is 11.4 Å². The van der Waals surface area contributed by atoms with Crippen LogP contribution in [-0.2, 0) is 20.7 Å². The van der Waals surface area contributed by atoms with E-state index >= 15 is 0 Å². The van der Waals surface area contributed by atoms with Crippen LogP contribution in [0.4, 0.5) is 5.69 Å². The Balaban J connectivity index is 1.49. The van der Waals surface area contributed by atoms with Gasteiger partial charge < -0.3 is 14.6 Å². The fraction of sp³-hybridized carbons (Fsp3) is 0.222. The minimum atomic E-state index is -1.01. The van der Waals surface area contributed by atoms with Crippen LogP contribution in [-0.4, -0.2) is 28.1 Å². The number of hydrogen-bond donors (Lipinski definition) is 1. The number of aryl methyl sites for hydroxylation is 1. The predicted octanol–water partition coefficient (Wildman–Crippen LogP) is 4.61. The molecule has 0 radical (unpaired) electrons. The number of esters is 1. The Morgan fingerprint density at radius 3 is 2.89 bits per heavy atom. The highest BCUT2D eigenvalue weighted by molar-refractivity contribution is 7.08. The molecule has 1 unspecified atom stereocenters. The van der Waals surface area contributed by atoms with Crippen molar-refractivity contribution in [3.05, 3.63) is 51.0 Å². The average molecular weight is 440 g/mol. The molecular formula is C18H15Cl2N3O4S. The first kappa shape index (κ1) is 20.3. The molecule has 1 N–H and O–H groups in total. The van der Waals surface area contributed by atoms with E-state index in [1.807, 2.05) is 16.8 Å². The maximum Gasteiger partial charge on any atom is 0.307 e. The third kappa shape index (κ3) is 5.31. The Hall–Kier alpha value is -2.42. The first-order valence-electron chi connectivity index (χ1n) is 8.23. The second-order valence-electron chi connectivity index (χ2n) is 5.77. The van der Waals surface area contributed by atoms with Crippen molar-refractivity contribution in [2.24, 2.45) is 0 Å². The number of nitrogens with one attached hydrogen (secondary N) is 1. The number of anilines is 1. The SMILES string of the molecule is CC(OC(=O)CCc1nc(-c2ccsc2)no1)C(=O)Nc1cc(Cl)ccc1Cl. The maximum absolute atomic E-state index is 12.2. The second-order valence-corrected chi connectivity index (χ2v) is 7.39. The largest absolute Gasteiger partial charge is 0.453 e. The number of thiophene rings is 1. The van der Waals surface area contributed by atoms with E-state index in [1.165, 1.54) is 24.3 Å². The van der Waals surface area contributed by atoms with E-state index in [0.29, 0.717) is 27.4 Å². The number of halogens is 2. The first-order valence-corrected chi connectivity index (χ1v) is 9.93. The Morgan fingerprint density at radius 2 is 2.14 bits per heavy atom. The molecular weight excluding hydrogens is 425 g/mol. The molecule has 3 aromatic rings. The molecule has 2 heterocycles. The number of carbonyl (C=O) groups is 2. The molecule has 2 aromatic heterocycles. The van der Waals surface area contributed by atoms with Crippen molar-refractivity contribution in [2.45, 2.75) is 25.9 Å². The van der Waals surface area contributed by atoms with Gasteiger partial charge in [-0.05, 0) is 36.6 Å². The van der Waals surface area contributed by atoms with Crippen molar-refractivity contribution < 1.29 is 18.8 Å². The normalized spacial score (nSPS) is 11.8. The van der Waals surface area contributed by atoms with Crippen LogP contribution in [0.15, 0.2) is 39.5 Å². The van der Waals surface area contributed by atoms with Crippen molar-refractivity contribution in [3.8, 4) is 11.4 Å². The molecule has 0 bridgehead atoms. The van der Waals surface area contributed by atoms with Gasteiger partial charge in [0, 0.05) is 22.4 Å². The van der Waals surface area contributed by atoms with Crippen molar-refractivity contribution >= 4 is 52.1 Å². The smallest absolute Gasteiger partial charge is 0.307 e. The fourth-order valence-electron chi connectivity index (χ4n) is 2.21. The van der Waals surface area contributed by atoms with Crippen LogP contribution in [0.1, 0.15) is 19.2 Å². The van der Waals surface area contributed by atoms with Crippen LogP contribution < -0.4 is 5.32 Å². The van der Waals surface area contributed by atoms with Gasteiger partial charge in [0.1, 0.15) is 0 Å². The van der Waals surface area contributed by atoms with Crippen molar-refractivity contribution in [1.82, 2.24) is 10.1 Å². The summed E-state index contributed by atoms with van der Waals surface area (Å²) in [5.41, 5.74) is 1.20. The lowest BCUT2D eigenvalue weighted by atomic mass is 10.3. The second kappa shape index (κ2) is 9.18. The van der Waals surface area contributed by atoms with Crippen LogP contribution >= 0.6 is 34.5 Å². The van der Waals surface area contributed by atoms with Crippen LogP contribution in [0.5, 0.6) is 0 Å². The van der Waals surface area contributed by atoms with Gasteiger partial charge in [-0.3, -0.25) is 9.59 Å². The molecule has 1 atom stereocenters. The molecule has 10 heteroatoms. The van der Waals surface area contributed by atoms with Gasteiger partial charge >= 0.3 is 5.97 Å². The van der Waals surface area contributed by atoms with Crippen molar-refractivity contribution in [2.75, 3.05) is 5.32 Å². The number of nitrogens with zero attached hydrogens (tertiary/aromatic N) is 2. The van der Waals surface area contributed by atoms with E-state index in [9.17, 15) is 9.59 Å². The number of aromatic nitrogens is 2. The Bertz CT molecular complexity index is 975. The zero-order valence-corrected chi connectivity index (χ0v) is 17.0. The topological polar surface area (TPSA) is 94.3 Å². The van der Waals surface area contributed by atoms with Gasteiger partial charge in [0.2, 0.25) is 11.7 Å². The molecule has 0 saturated heterocycles. The molecule has 0 spiro atoms. The van der Waals surface area contributed by atoms with Gasteiger partial charge in [-0.1, -0.05) is 28.4 Å². The van der Waals surface area contributed by atoms with Gasteiger partial charge in [0.15, 0.2) is 6.10 Å². The van der Waals surface area contributed by atoms with E-state index in [-0.39, 0.29) is 12.8 Å². The standard InChI is InChI=1S/C18H15Cl2N3O4S/c1-10(18(25)21-14-8-12(19)2-3-13(14)20)26-16(24)5-4-15-22-17(23-27-15)11-6-7-28-9-11/h2-3,6-10H,4-5H2,1H3,(H,21,25). The Labute approximate surface area is 174 Å². The van der Waals surface area contributed by atoms with Crippen molar-refractivity contribution in [3.63, 3.8) is 0 Å². The third-order valence-corrected chi connectivity index (χ3v) is 4.90. The lowest BCUT2D eigenvalue weighted by molar-refractivity contribution is -0.153. The highest BCUT2D eigenvalue weighted by Crippen LogP contribution is 2.25. The van der Waals surface area contributed by atoms with E-state index < -0.39 is 18.0 Å². The number of amides is 1. The molecule has 28 heavy (non-hydrogen) atoms. The maximum atomic E-state index is 12.2. The number of benzene rings is 1. The Kier molecular flexibility index (Phi) is 6.66. The molecule has 0 aliphatic carbocycles. The predicted molar refractivity (Wildman–Crippen MR) is 107 cm³/mol. The highest BCUT2D eigenvalue weighted by atomic mass is 35.5. The van der Waals surface area contributed by atoms with Gasteiger partial charge in [0.25, 0.3) is 5.91 Å². The summed E-state index contributed by atoms with van der Waals surface area (Å²) in [6.45, 7) is 1.47. The van der Waals surface area contributed by atoms with E-state index in [4.69, 9.17) is 32.5 Å². The lowest BCUT2D eigenvalue weighted by Gasteiger charge is -2.14. The molecule has 0 aliphatic rings. The summed E-state index contributed by atoms with van der Waals surface area (Å²) < 4.78 is 10.3. The molecule has 3 rings (SSSR count). The van der Waals surface area contributed by atoms with Gasteiger partial charge in [-0.25, -0.2) is 0 Å². The summed E-state index contributed by atoms with van der Waals surface area (Å²) in [6, 6.07) is 6.55. The van der Waals surface area contributed by atoms with Crippen molar-refractivity contribution in [1.29, 1.82) is 0 Å². The molecule has 1 aromatic carbocycles. The average Bonchev–Trinajstić information content (AvgIpc) is 3.34. The summed E-state index contributed by atoms with van der Waals surface area (Å²) in [6.07, 6.45) is -0.794. The first-order chi connectivity index (χ1) is 13.4. The van der Waals surface area contributed by atoms with E-state index in [1.54, 1.807) is 12.1 Å². The lowest BCUT2D eigenvalue weighted by Crippen LogP contribution is -2.30. The van der Waals surface area contributed by atoms with E-state index in [0.717, 1.165) is 5.56 Å². The summed E-state index contributed by atoms with van der Waals surface area (Å²) >= 11 is 13.4.